The van der Waals surface area contributed by atoms with Gasteiger partial charge in [-0.25, -0.2) is 4.68 Å². The van der Waals surface area contributed by atoms with E-state index in [2.05, 4.69) is 24.3 Å². The van der Waals surface area contributed by atoms with Crippen molar-refractivity contribution in [1.29, 1.82) is 0 Å². The maximum atomic E-state index is 12.5. The Hall–Kier alpha value is -3.08. The van der Waals surface area contributed by atoms with Gasteiger partial charge in [0, 0.05) is 11.6 Å². The number of ether oxygens (including phenoxy) is 1. The molecular weight excluding hydrogens is 314 g/mol. The van der Waals surface area contributed by atoms with Gasteiger partial charge in [0.2, 0.25) is 0 Å². The van der Waals surface area contributed by atoms with Gasteiger partial charge in [-0.05, 0) is 49.7 Å². The number of amides is 1. The van der Waals surface area contributed by atoms with E-state index < -0.39 is 0 Å². The van der Waals surface area contributed by atoms with Crippen molar-refractivity contribution in [2.75, 3.05) is 5.32 Å². The highest BCUT2D eigenvalue weighted by Crippen LogP contribution is 2.22. The van der Waals surface area contributed by atoms with Gasteiger partial charge in [0.25, 0.3) is 5.91 Å². The van der Waals surface area contributed by atoms with Gasteiger partial charge in [-0.15, -0.1) is 0 Å². The van der Waals surface area contributed by atoms with Crippen LogP contribution in [-0.4, -0.2) is 15.7 Å². The minimum atomic E-state index is -0.170. The van der Waals surface area contributed by atoms with Crippen LogP contribution in [0.5, 0.6) is 11.5 Å². The Balaban J connectivity index is 1.68. The topological polar surface area (TPSA) is 56.2 Å². The molecule has 0 spiro atoms. The fourth-order valence-electron chi connectivity index (χ4n) is 2.42. The minimum Gasteiger partial charge on any atom is -0.457 e. The normalized spacial score (nSPS) is 11.8. The average Bonchev–Trinajstić information content (AvgIpc) is 3.10. The summed E-state index contributed by atoms with van der Waals surface area (Å²) in [4.78, 5) is 12.5. The van der Waals surface area contributed by atoms with Gasteiger partial charge in [-0.3, -0.25) is 4.79 Å². The van der Waals surface area contributed by atoms with E-state index in [0.717, 1.165) is 12.2 Å². The van der Waals surface area contributed by atoms with Gasteiger partial charge < -0.3 is 10.1 Å². The number of nitrogens with one attached hydrogen (secondary N) is 1. The number of carbonyl (C=O) groups excluding carboxylic acids is 1. The van der Waals surface area contributed by atoms with Gasteiger partial charge in [0.15, 0.2) is 0 Å². The highest BCUT2D eigenvalue weighted by Gasteiger charge is 2.12. The Labute approximate surface area is 147 Å². The van der Waals surface area contributed by atoms with Crippen LogP contribution in [0.4, 0.5) is 5.82 Å². The van der Waals surface area contributed by atoms with Crippen molar-refractivity contribution in [2.45, 2.75) is 26.3 Å². The lowest BCUT2D eigenvalue weighted by Crippen LogP contribution is -2.17. The van der Waals surface area contributed by atoms with E-state index in [1.807, 2.05) is 35.0 Å². The van der Waals surface area contributed by atoms with E-state index in [9.17, 15) is 4.79 Å². The molecule has 0 aliphatic rings. The van der Waals surface area contributed by atoms with Crippen LogP contribution < -0.4 is 10.1 Å². The quantitative estimate of drug-likeness (QED) is 0.697. The molecule has 0 bridgehead atoms. The summed E-state index contributed by atoms with van der Waals surface area (Å²) >= 11 is 0. The zero-order valence-corrected chi connectivity index (χ0v) is 14.3. The SMILES string of the molecule is CCC(C)n1nccc1NC(=O)c1ccc(Oc2ccccc2)cc1. The van der Waals surface area contributed by atoms with Crippen molar-refractivity contribution >= 4 is 11.7 Å². The van der Waals surface area contributed by atoms with Crippen molar-refractivity contribution in [1.82, 2.24) is 9.78 Å². The van der Waals surface area contributed by atoms with Crippen LogP contribution in [0.15, 0.2) is 66.9 Å². The highest BCUT2D eigenvalue weighted by atomic mass is 16.5. The Morgan fingerprint density at radius 1 is 1.08 bits per heavy atom. The maximum Gasteiger partial charge on any atom is 0.256 e. The molecule has 2 aromatic carbocycles. The Kier molecular flexibility index (Phi) is 5.14. The third-order valence-corrected chi connectivity index (χ3v) is 4.02. The van der Waals surface area contributed by atoms with Crippen LogP contribution in [0, 0.1) is 0 Å². The molecule has 0 aliphatic heterocycles. The third-order valence-electron chi connectivity index (χ3n) is 4.02. The molecule has 0 saturated heterocycles. The van der Waals surface area contributed by atoms with Gasteiger partial charge in [0.1, 0.15) is 17.3 Å². The Morgan fingerprint density at radius 2 is 1.76 bits per heavy atom. The predicted molar refractivity (Wildman–Crippen MR) is 98.1 cm³/mol. The summed E-state index contributed by atoms with van der Waals surface area (Å²) in [5.74, 6) is 1.98. The molecular formula is C20H21N3O2. The first-order valence-electron chi connectivity index (χ1n) is 8.35. The monoisotopic (exact) mass is 335 g/mol. The van der Waals surface area contributed by atoms with Crippen molar-refractivity contribution in [3.8, 4) is 11.5 Å². The number of hydrogen-bond acceptors (Lipinski definition) is 3. The molecule has 1 unspecified atom stereocenters. The standard InChI is InChI=1S/C20H21N3O2/c1-3-15(2)23-19(13-14-21-23)22-20(24)16-9-11-18(12-10-16)25-17-7-5-4-6-8-17/h4-15H,3H2,1-2H3,(H,22,24). The van der Waals surface area contributed by atoms with Crippen molar-refractivity contribution in [3.63, 3.8) is 0 Å². The van der Waals surface area contributed by atoms with E-state index in [4.69, 9.17) is 4.74 Å². The molecule has 1 heterocycles. The lowest BCUT2D eigenvalue weighted by Gasteiger charge is -2.14. The molecule has 0 fully saturated rings. The molecule has 1 atom stereocenters. The molecule has 5 heteroatoms. The largest absolute Gasteiger partial charge is 0.457 e. The van der Waals surface area contributed by atoms with Crippen LogP contribution in [0.25, 0.3) is 0 Å². The second-order valence-electron chi connectivity index (χ2n) is 5.81. The van der Waals surface area contributed by atoms with Gasteiger partial charge in [-0.1, -0.05) is 25.1 Å². The zero-order chi connectivity index (χ0) is 17.6. The number of para-hydroxylation sites is 1. The number of anilines is 1. The summed E-state index contributed by atoms with van der Waals surface area (Å²) in [6.07, 6.45) is 2.63. The highest BCUT2D eigenvalue weighted by molar-refractivity contribution is 6.03. The molecule has 0 saturated carbocycles. The molecule has 3 aromatic rings. The number of nitrogens with zero attached hydrogens (tertiary/aromatic N) is 2. The van der Waals surface area contributed by atoms with Crippen LogP contribution in [-0.2, 0) is 0 Å². The van der Waals surface area contributed by atoms with E-state index >= 15 is 0 Å². The average molecular weight is 335 g/mol. The van der Waals surface area contributed by atoms with Crippen molar-refractivity contribution < 1.29 is 9.53 Å². The van der Waals surface area contributed by atoms with Gasteiger partial charge in [-0.2, -0.15) is 5.10 Å². The Morgan fingerprint density at radius 3 is 2.44 bits per heavy atom. The zero-order valence-electron chi connectivity index (χ0n) is 14.3. The molecule has 5 nitrogen and oxygen atoms in total. The molecule has 3 rings (SSSR count). The third kappa shape index (κ3) is 4.07. The Bertz CT molecular complexity index is 826. The number of aromatic nitrogens is 2. The summed E-state index contributed by atoms with van der Waals surface area (Å²) in [5.41, 5.74) is 0.567. The molecule has 1 N–H and O–H groups in total. The summed E-state index contributed by atoms with van der Waals surface area (Å²) in [5, 5.41) is 7.19. The molecule has 128 valence electrons. The first kappa shape index (κ1) is 16.8. The molecule has 0 aliphatic carbocycles. The first-order chi connectivity index (χ1) is 12.2. The van der Waals surface area contributed by atoms with Crippen LogP contribution in [0.2, 0.25) is 0 Å². The first-order valence-corrected chi connectivity index (χ1v) is 8.35. The lowest BCUT2D eigenvalue weighted by molar-refractivity contribution is 0.102. The van der Waals surface area contributed by atoms with Crippen LogP contribution >= 0.6 is 0 Å². The van der Waals surface area contributed by atoms with Crippen LogP contribution in [0.3, 0.4) is 0 Å². The minimum absolute atomic E-state index is 0.170. The summed E-state index contributed by atoms with van der Waals surface area (Å²) in [6.45, 7) is 4.15. The number of benzene rings is 2. The van der Waals surface area contributed by atoms with Crippen LogP contribution in [0.1, 0.15) is 36.7 Å². The summed E-state index contributed by atoms with van der Waals surface area (Å²) < 4.78 is 7.56. The van der Waals surface area contributed by atoms with E-state index in [1.165, 1.54) is 0 Å². The number of rotatable bonds is 6. The molecule has 25 heavy (non-hydrogen) atoms. The summed E-state index contributed by atoms with van der Waals surface area (Å²) in [7, 11) is 0. The van der Waals surface area contributed by atoms with E-state index in [0.29, 0.717) is 17.1 Å². The molecule has 1 aromatic heterocycles. The predicted octanol–water partition coefficient (Wildman–Crippen LogP) is 4.90. The summed E-state index contributed by atoms with van der Waals surface area (Å²) in [6, 6.07) is 18.6. The second kappa shape index (κ2) is 7.66. The fraction of sp³-hybridized carbons (Fsp3) is 0.200. The fourth-order valence-corrected chi connectivity index (χ4v) is 2.42. The maximum absolute atomic E-state index is 12.5. The smallest absolute Gasteiger partial charge is 0.256 e. The van der Waals surface area contributed by atoms with E-state index in [1.54, 1.807) is 36.5 Å². The van der Waals surface area contributed by atoms with E-state index in [-0.39, 0.29) is 11.9 Å². The van der Waals surface area contributed by atoms with Gasteiger partial charge >= 0.3 is 0 Å². The number of hydrogen-bond donors (Lipinski definition) is 1. The second-order valence-corrected chi connectivity index (χ2v) is 5.81. The lowest BCUT2D eigenvalue weighted by atomic mass is 10.2. The molecule has 0 radical (unpaired) electrons. The van der Waals surface area contributed by atoms with Crippen molar-refractivity contribution in [2.24, 2.45) is 0 Å². The number of carbonyl (C=O) groups is 1. The van der Waals surface area contributed by atoms with Crippen molar-refractivity contribution in [3.05, 3.63) is 72.4 Å². The molecule has 1 amide bonds. The van der Waals surface area contributed by atoms with Gasteiger partial charge in [0.05, 0.1) is 12.2 Å².